The Bertz CT molecular complexity index is 981. The molecule has 0 radical (unpaired) electrons. The van der Waals surface area contributed by atoms with Gasteiger partial charge in [-0.25, -0.2) is 8.42 Å². The molecule has 28 heavy (non-hydrogen) atoms. The van der Waals surface area contributed by atoms with E-state index in [2.05, 4.69) is 4.72 Å². The first-order valence-corrected chi connectivity index (χ1v) is 11.3. The SMILES string of the molecule is Cc1ccc(NS(=O)(=O)c2cc(C(=O)N3CCCCCC3)ccc2Cl)cc1C. The minimum absolute atomic E-state index is 0.0868. The molecule has 0 atom stereocenters. The molecule has 1 aliphatic heterocycles. The fourth-order valence-corrected chi connectivity index (χ4v) is 4.89. The lowest BCUT2D eigenvalue weighted by molar-refractivity contribution is 0.0761. The standard InChI is InChI=1S/C21H25ClN2O3S/c1-15-7-9-18(13-16(15)2)23-28(26,27)20-14-17(8-10-19(20)22)21(25)24-11-5-3-4-6-12-24/h7-10,13-14,23H,3-6,11-12H2,1-2H3. The van der Waals surface area contributed by atoms with E-state index in [0.29, 0.717) is 24.3 Å². The van der Waals surface area contributed by atoms with Gasteiger partial charge in [0.15, 0.2) is 0 Å². The van der Waals surface area contributed by atoms with Gasteiger partial charge in [0.25, 0.3) is 15.9 Å². The van der Waals surface area contributed by atoms with E-state index in [9.17, 15) is 13.2 Å². The number of rotatable bonds is 4. The largest absolute Gasteiger partial charge is 0.339 e. The Hall–Kier alpha value is -2.05. The first-order chi connectivity index (χ1) is 13.3. The highest BCUT2D eigenvalue weighted by Crippen LogP contribution is 2.27. The molecule has 1 amide bonds. The molecule has 0 saturated carbocycles. The van der Waals surface area contributed by atoms with Crippen molar-refractivity contribution in [1.82, 2.24) is 4.90 Å². The van der Waals surface area contributed by atoms with Crippen LogP contribution in [0.3, 0.4) is 0 Å². The molecule has 3 rings (SSSR count). The van der Waals surface area contributed by atoms with Crippen molar-refractivity contribution in [3.05, 3.63) is 58.1 Å². The lowest BCUT2D eigenvalue weighted by Crippen LogP contribution is -2.32. The highest BCUT2D eigenvalue weighted by molar-refractivity contribution is 7.92. The molecule has 2 aromatic rings. The number of benzene rings is 2. The number of carbonyl (C=O) groups excluding carboxylic acids is 1. The van der Waals surface area contributed by atoms with Crippen molar-refractivity contribution in [3.63, 3.8) is 0 Å². The molecular formula is C21H25ClN2O3S. The first-order valence-electron chi connectivity index (χ1n) is 9.47. The number of aryl methyl sites for hydroxylation is 2. The maximum Gasteiger partial charge on any atom is 0.263 e. The monoisotopic (exact) mass is 420 g/mol. The van der Waals surface area contributed by atoms with Crippen LogP contribution in [-0.4, -0.2) is 32.3 Å². The lowest BCUT2D eigenvalue weighted by Gasteiger charge is -2.21. The maximum absolute atomic E-state index is 12.9. The summed E-state index contributed by atoms with van der Waals surface area (Å²) in [5, 5.41) is 0.0868. The quantitative estimate of drug-likeness (QED) is 0.774. The van der Waals surface area contributed by atoms with Crippen molar-refractivity contribution in [3.8, 4) is 0 Å². The summed E-state index contributed by atoms with van der Waals surface area (Å²) >= 11 is 6.18. The zero-order chi connectivity index (χ0) is 20.3. The van der Waals surface area contributed by atoms with Gasteiger partial charge in [0, 0.05) is 24.3 Å². The van der Waals surface area contributed by atoms with Crippen LogP contribution in [0.1, 0.15) is 47.2 Å². The number of likely N-dealkylation sites (tertiary alicyclic amines) is 1. The van der Waals surface area contributed by atoms with E-state index in [1.807, 2.05) is 19.9 Å². The van der Waals surface area contributed by atoms with E-state index in [4.69, 9.17) is 11.6 Å². The molecule has 0 spiro atoms. The van der Waals surface area contributed by atoms with Crippen LogP contribution in [0.4, 0.5) is 5.69 Å². The molecule has 1 saturated heterocycles. The van der Waals surface area contributed by atoms with Crippen molar-refractivity contribution < 1.29 is 13.2 Å². The second kappa shape index (κ2) is 8.53. The Kier molecular flexibility index (Phi) is 6.30. The Balaban J connectivity index is 1.89. The Morgan fingerprint density at radius 2 is 1.64 bits per heavy atom. The number of halogens is 1. The van der Waals surface area contributed by atoms with Crippen LogP contribution in [-0.2, 0) is 10.0 Å². The molecule has 1 heterocycles. The zero-order valence-electron chi connectivity index (χ0n) is 16.2. The van der Waals surface area contributed by atoms with Crippen LogP contribution in [0.25, 0.3) is 0 Å². The number of amides is 1. The second-order valence-electron chi connectivity index (χ2n) is 7.26. The summed E-state index contributed by atoms with van der Waals surface area (Å²) in [6, 6.07) is 9.77. The normalized spacial score (nSPS) is 15.2. The van der Waals surface area contributed by atoms with Crippen molar-refractivity contribution in [2.45, 2.75) is 44.4 Å². The highest BCUT2D eigenvalue weighted by Gasteiger charge is 2.23. The number of nitrogens with zero attached hydrogens (tertiary/aromatic N) is 1. The predicted octanol–water partition coefficient (Wildman–Crippen LogP) is 4.77. The lowest BCUT2D eigenvalue weighted by atomic mass is 10.1. The molecule has 150 valence electrons. The van der Waals surface area contributed by atoms with Crippen molar-refractivity contribution in [1.29, 1.82) is 0 Å². The summed E-state index contributed by atoms with van der Waals surface area (Å²) in [5.41, 5.74) is 2.86. The summed E-state index contributed by atoms with van der Waals surface area (Å²) in [7, 11) is -3.92. The number of nitrogens with one attached hydrogen (secondary N) is 1. The van der Waals surface area contributed by atoms with Gasteiger partial charge in [-0.15, -0.1) is 0 Å². The number of hydrogen-bond donors (Lipinski definition) is 1. The van der Waals surface area contributed by atoms with Gasteiger partial charge in [0.1, 0.15) is 4.90 Å². The number of sulfonamides is 1. The summed E-state index contributed by atoms with van der Waals surface area (Å²) in [6.45, 7) is 5.28. The average molecular weight is 421 g/mol. The second-order valence-corrected chi connectivity index (χ2v) is 9.31. The van der Waals surface area contributed by atoms with Crippen molar-refractivity contribution >= 4 is 33.2 Å². The minimum atomic E-state index is -3.92. The van der Waals surface area contributed by atoms with Crippen molar-refractivity contribution in [2.75, 3.05) is 17.8 Å². The van der Waals surface area contributed by atoms with Gasteiger partial charge < -0.3 is 4.90 Å². The molecule has 0 bridgehead atoms. The summed E-state index contributed by atoms with van der Waals surface area (Å²) in [6.07, 6.45) is 4.17. The van der Waals surface area contributed by atoms with E-state index >= 15 is 0 Å². The summed E-state index contributed by atoms with van der Waals surface area (Å²) in [5.74, 6) is -0.152. The van der Waals surface area contributed by atoms with E-state index in [1.54, 1.807) is 23.1 Å². The van der Waals surface area contributed by atoms with Gasteiger partial charge in [-0.3, -0.25) is 9.52 Å². The summed E-state index contributed by atoms with van der Waals surface area (Å²) < 4.78 is 28.4. The van der Waals surface area contributed by atoms with Gasteiger partial charge in [-0.2, -0.15) is 0 Å². The maximum atomic E-state index is 12.9. The number of anilines is 1. The molecule has 0 aliphatic carbocycles. The van der Waals surface area contributed by atoms with E-state index in [1.165, 1.54) is 12.1 Å². The summed E-state index contributed by atoms with van der Waals surface area (Å²) in [4.78, 5) is 14.6. The van der Waals surface area contributed by atoms with Crippen LogP contribution in [0.15, 0.2) is 41.3 Å². The third-order valence-electron chi connectivity index (χ3n) is 5.12. The third-order valence-corrected chi connectivity index (χ3v) is 6.98. The average Bonchev–Trinajstić information content (AvgIpc) is 2.93. The smallest absolute Gasteiger partial charge is 0.263 e. The topological polar surface area (TPSA) is 66.5 Å². The van der Waals surface area contributed by atoms with Crippen LogP contribution >= 0.6 is 11.6 Å². The molecule has 0 unspecified atom stereocenters. The molecular weight excluding hydrogens is 396 g/mol. The van der Waals surface area contributed by atoms with Crippen LogP contribution < -0.4 is 4.72 Å². The van der Waals surface area contributed by atoms with Crippen LogP contribution in [0.5, 0.6) is 0 Å². The molecule has 1 fully saturated rings. The van der Waals surface area contributed by atoms with Gasteiger partial charge in [0.05, 0.1) is 5.02 Å². The molecule has 1 N–H and O–H groups in total. The first kappa shape index (κ1) is 20.7. The molecule has 0 aromatic heterocycles. The number of carbonyl (C=O) groups is 1. The fourth-order valence-electron chi connectivity index (χ4n) is 3.31. The fraction of sp³-hybridized carbons (Fsp3) is 0.381. The van der Waals surface area contributed by atoms with E-state index < -0.39 is 10.0 Å². The Labute approximate surface area is 171 Å². The molecule has 7 heteroatoms. The molecule has 1 aliphatic rings. The van der Waals surface area contributed by atoms with Crippen molar-refractivity contribution in [2.24, 2.45) is 0 Å². The van der Waals surface area contributed by atoms with Gasteiger partial charge >= 0.3 is 0 Å². The van der Waals surface area contributed by atoms with E-state index in [0.717, 1.165) is 36.8 Å². The third kappa shape index (κ3) is 4.67. The minimum Gasteiger partial charge on any atom is -0.339 e. The van der Waals surface area contributed by atoms with Gasteiger partial charge in [-0.05, 0) is 68.1 Å². The van der Waals surface area contributed by atoms with Gasteiger partial charge in [-0.1, -0.05) is 30.5 Å². The highest BCUT2D eigenvalue weighted by atomic mass is 35.5. The molecule has 2 aromatic carbocycles. The van der Waals surface area contributed by atoms with Crippen LogP contribution in [0.2, 0.25) is 5.02 Å². The Morgan fingerprint density at radius 1 is 0.964 bits per heavy atom. The molecule has 5 nitrogen and oxygen atoms in total. The van der Waals surface area contributed by atoms with Gasteiger partial charge in [0.2, 0.25) is 0 Å². The zero-order valence-corrected chi connectivity index (χ0v) is 17.7. The van der Waals surface area contributed by atoms with Crippen LogP contribution in [0, 0.1) is 13.8 Å². The predicted molar refractivity (Wildman–Crippen MR) is 113 cm³/mol. The Morgan fingerprint density at radius 3 is 2.29 bits per heavy atom. The number of hydrogen-bond acceptors (Lipinski definition) is 3. The van der Waals surface area contributed by atoms with E-state index in [-0.39, 0.29) is 15.8 Å².